The topological polar surface area (TPSA) is 81.0 Å². The minimum atomic E-state index is -0.302. The van der Waals surface area contributed by atoms with Gasteiger partial charge in [0.25, 0.3) is 5.91 Å². The lowest BCUT2D eigenvalue weighted by Gasteiger charge is -2.33. The third kappa shape index (κ3) is 3.10. The molecule has 3 rings (SSSR count). The number of nitrogens with zero attached hydrogens (tertiary/aromatic N) is 3. The van der Waals surface area contributed by atoms with Crippen molar-refractivity contribution in [2.75, 3.05) is 0 Å². The minimum absolute atomic E-state index is 0.0244. The number of halogens is 1. The highest BCUT2D eigenvalue weighted by Crippen LogP contribution is 2.24. The van der Waals surface area contributed by atoms with Gasteiger partial charge in [-0.2, -0.15) is 0 Å². The average molecular weight is 336 g/mol. The van der Waals surface area contributed by atoms with Crippen LogP contribution >= 0.6 is 11.6 Å². The molecule has 0 aliphatic carbocycles. The maximum atomic E-state index is 12.5. The first-order valence-corrected chi connectivity index (χ1v) is 7.72. The monoisotopic (exact) mass is 335 g/mol. The fourth-order valence-electron chi connectivity index (χ4n) is 2.89. The van der Waals surface area contributed by atoms with E-state index in [1.165, 1.54) is 0 Å². The molecule has 3 heterocycles. The van der Waals surface area contributed by atoms with E-state index in [0.29, 0.717) is 23.6 Å². The van der Waals surface area contributed by atoms with Crippen LogP contribution in [0.5, 0.6) is 0 Å². The number of aromatic nitrogens is 3. The molecule has 0 aromatic carbocycles. The number of amides is 2. The van der Waals surface area contributed by atoms with Crippen LogP contribution in [0.25, 0.3) is 0 Å². The second kappa shape index (κ2) is 6.08. The molecule has 23 heavy (non-hydrogen) atoms. The quantitative estimate of drug-likeness (QED) is 0.883. The summed E-state index contributed by atoms with van der Waals surface area (Å²) < 4.78 is 3.52. The lowest BCUT2D eigenvalue weighted by atomic mass is 9.95. The summed E-state index contributed by atoms with van der Waals surface area (Å²) in [7, 11) is 3.63. The standard InChI is InChI=1S/C15H18ClN5O2/c1-20-7-9(16)5-11(20)15(23)18-10-3-4-13(22)19-14(10)12-6-17-8-21(12)2/h5-8,10,14H,3-4H2,1-2H3,(H,18,23)(H,19,22)/t10-,14-/m1/s1. The van der Waals surface area contributed by atoms with Crippen molar-refractivity contribution in [3.05, 3.63) is 41.2 Å². The molecule has 2 N–H and O–H groups in total. The van der Waals surface area contributed by atoms with Gasteiger partial charge in [-0.25, -0.2) is 4.98 Å². The summed E-state index contributed by atoms with van der Waals surface area (Å²) >= 11 is 5.93. The van der Waals surface area contributed by atoms with Gasteiger partial charge in [0.2, 0.25) is 5.91 Å². The van der Waals surface area contributed by atoms with Gasteiger partial charge in [0.15, 0.2) is 0 Å². The molecule has 0 spiro atoms. The number of carbonyl (C=O) groups excluding carboxylic acids is 2. The van der Waals surface area contributed by atoms with Crippen LogP contribution in [0.1, 0.15) is 35.1 Å². The summed E-state index contributed by atoms with van der Waals surface area (Å²) in [6.07, 6.45) is 6.01. The Kier molecular flexibility index (Phi) is 4.12. The van der Waals surface area contributed by atoms with Crippen molar-refractivity contribution in [2.24, 2.45) is 14.1 Å². The number of hydrogen-bond donors (Lipinski definition) is 2. The Labute approximate surface area is 138 Å². The summed E-state index contributed by atoms with van der Waals surface area (Å²) in [5.41, 5.74) is 1.34. The van der Waals surface area contributed by atoms with Crippen molar-refractivity contribution in [1.29, 1.82) is 0 Å². The summed E-state index contributed by atoms with van der Waals surface area (Å²) in [6.45, 7) is 0. The maximum Gasteiger partial charge on any atom is 0.268 e. The highest BCUT2D eigenvalue weighted by atomic mass is 35.5. The molecule has 2 aromatic heterocycles. The number of nitrogens with one attached hydrogen (secondary N) is 2. The minimum Gasteiger partial charge on any atom is -0.346 e. The van der Waals surface area contributed by atoms with Gasteiger partial charge >= 0.3 is 0 Å². The van der Waals surface area contributed by atoms with Crippen molar-refractivity contribution >= 4 is 23.4 Å². The maximum absolute atomic E-state index is 12.5. The highest BCUT2D eigenvalue weighted by molar-refractivity contribution is 6.31. The third-order valence-electron chi connectivity index (χ3n) is 4.09. The number of aryl methyl sites for hydroxylation is 2. The summed E-state index contributed by atoms with van der Waals surface area (Å²) in [6, 6.07) is 1.12. The molecule has 0 unspecified atom stereocenters. The predicted molar refractivity (Wildman–Crippen MR) is 85.0 cm³/mol. The zero-order chi connectivity index (χ0) is 16.6. The molecule has 8 heteroatoms. The van der Waals surface area contributed by atoms with E-state index >= 15 is 0 Å². The number of rotatable bonds is 3. The molecule has 0 saturated carbocycles. The second-order valence-corrected chi connectivity index (χ2v) is 6.18. The summed E-state index contributed by atoms with van der Waals surface area (Å²) in [5, 5.41) is 6.45. The van der Waals surface area contributed by atoms with Crippen LogP contribution < -0.4 is 10.6 Å². The second-order valence-electron chi connectivity index (χ2n) is 5.75. The first-order chi connectivity index (χ1) is 11.0. The van der Waals surface area contributed by atoms with E-state index < -0.39 is 0 Å². The van der Waals surface area contributed by atoms with E-state index in [-0.39, 0.29) is 23.9 Å². The normalized spacial score (nSPS) is 21.1. The highest BCUT2D eigenvalue weighted by Gasteiger charge is 2.33. The first kappa shape index (κ1) is 15.6. The molecule has 1 saturated heterocycles. The fraction of sp³-hybridized carbons (Fsp3) is 0.400. The molecule has 122 valence electrons. The number of hydrogen-bond acceptors (Lipinski definition) is 3. The van der Waals surface area contributed by atoms with E-state index in [0.717, 1.165) is 5.69 Å². The van der Waals surface area contributed by atoms with Crippen LogP contribution in [0.3, 0.4) is 0 Å². The summed E-state index contributed by atoms with van der Waals surface area (Å²) in [5.74, 6) is -0.240. The SMILES string of the molecule is Cn1cc(Cl)cc1C(=O)N[C@@H]1CCC(=O)N[C@H]1c1cncn1C. The lowest BCUT2D eigenvalue weighted by molar-refractivity contribution is -0.123. The lowest BCUT2D eigenvalue weighted by Crippen LogP contribution is -2.50. The molecule has 0 radical (unpaired) electrons. The van der Waals surface area contributed by atoms with Crippen molar-refractivity contribution in [3.8, 4) is 0 Å². The largest absolute Gasteiger partial charge is 0.346 e. The van der Waals surface area contributed by atoms with Crippen LogP contribution in [0.4, 0.5) is 0 Å². The van der Waals surface area contributed by atoms with E-state index in [9.17, 15) is 9.59 Å². The molecule has 1 aliphatic heterocycles. The van der Waals surface area contributed by atoms with Crippen molar-refractivity contribution in [3.63, 3.8) is 0 Å². The van der Waals surface area contributed by atoms with Crippen molar-refractivity contribution in [1.82, 2.24) is 24.8 Å². The van der Waals surface area contributed by atoms with Crippen LogP contribution in [0.2, 0.25) is 5.02 Å². The molecular formula is C15H18ClN5O2. The number of imidazole rings is 1. The van der Waals surface area contributed by atoms with E-state index in [1.54, 1.807) is 36.4 Å². The van der Waals surface area contributed by atoms with Crippen molar-refractivity contribution in [2.45, 2.75) is 24.9 Å². The molecule has 2 aromatic rings. The molecule has 2 atom stereocenters. The van der Waals surface area contributed by atoms with Gasteiger partial charge in [-0.15, -0.1) is 0 Å². The molecule has 0 bridgehead atoms. The third-order valence-corrected chi connectivity index (χ3v) is 4.30. The van der Waals surface area contributed by atoms with Crippen LogP contribution in [0.15, 0.2) is 24.8 Å². The zero-order valence-corrected chi connectivity index (χ0v) is 13.7. The molecular weight excluding hydrogens is 318 g/mol. The van der Waals surface area contributed by atoms with E-state index in [2.05, 4.69) is 15.6 Å². The number of piperidine rings is 1. The average Bonchev–Trinajstić information content (AvgIpc) is 3.06. The Bertz CT molecular complexity index is 751. The molecule has 1 fully saturated rings. The Morgan fingerprint density at radius 1 is 1.43 bits per heavy atom. The van der Waals surface area contributed by atoms with E-state index in [1.807, 2.05) is 11.6 Å². The first-order valence-electron chi connectivity index (χ1n) is 7.34. The molecule has 1 aliphatic rings. The van der Waals surface area contributed by atoms with Crippen LogP contribution in [-0.4, -0.2) is 32.0 Å². The Hall–Kier alpha value is -2.28. The zero-order valence-electron chi connectivity index (χ0n) is 12.9. The van der Waals surface area contributed by atoms with Gasteiger partial charge < -0.3 is 19.8 Å². The van der Waals surface area contributed by atoms with Crippen LogP contribution in [0, 0.1) is 0 Å². The molecule has 7 nitrogen and oxygen atoms in total. The van der Waals surface area contributed by atoms with Gasteiger partial charge in [-0.05, 0) is 12.5 Å². The van der Waals surface area contributed by atoms with Crippen LogP contribution in [-0.2, 0) is 18.9 Å². The number of carbonyl (C=O) groups is 2. The van der Waals surface area contributed by atoms with Gasteiger partial charge in [-0.3, -0.25) is 9.59 Å². The Morgan fingerprint density at radius 3 is 2.83 bits per heavy atom. The predicted octanol–water partition coefficient (Wildman–Crippen LogP) is 1.16. The Balaban J connectivity index is 1.82. The fourth-order valence-corrected chi connectivity index (χ4v) is 3.14. The Morgan fingerprint density at radius 2 is 2.22 bits per heavy atom. The smallest absolute Gasteiger partial charge is 0.268 e. The van der Waals surface area contributed by atoms with Gasteiger partial charge in [0.05, 0.1) is 35.3 Å². The van der Waals surface area contributed by atoms with E-state index in [4.69, 9.17) is 11.6 Å². The van der Waals surface area contributed by atoms with Crippen molar-refractivity contribution < 1.29 is 9.59 Å². The van der Waals surface area contributed by atoms with Gasteiger partial charge in [0.1, 0.15) is 5.69 Å². The summed E-state index contributed by atoms with van der Waals surface area (Å²) in [4.78, 5) is 28.4. The van der Waals surface area contributed by atoms with Gasteiger partial charge in [-0.1, -0.05) is 11.6 Å². The molecule has 2 amide bonds. The van der Waals surface area contributed by atoms with Gasteiger partial charge in [0, 0.05) is 26.7 Å².